The fraction of sp³-hybridized carbons (Fsp3) is 0.692. The maximum atomic E-state index is 11.1. The molecule has 0 unspecified atom stereocenters. The van der Waals surface area contributed by atoms with Crippen molar-refractivity contribution in [1.82, 2.24) is 14.9 Å². The van der Waals surface area contributed by atoms with E-state index in [0.29, 0.717) is 18.6 Å². The van der Waals surface area contributed by atoms with Crippen LogP contribution >= 0.6 is 0 Å². The Morgan fingerprint density at radius 2 is 1.95 bits per heavy atom. The number of methoxy groups -OCH3 is 1. The minimum atomic E-state index is -0.538. The van der Waals surface area contributed by atoms with Crippen LogP contribution in [0.3, 0.4) is 0 Å². The van der Waals surface area contributed by atoms with Crippen molar-refractivity contribution in [3.8, 4) is 5.88 Å². The third-order valence-electron chi connectivity index (χ3n) is 3.15. The summed E-state index contributed by atoms with van der Waals surface area (Å²) in [7, 11) is 1.35. The van der Waals surface area contributed by atoms with Crippen molar-refractivity contribution in [2.24, 2.45) is 0 Å². The van der Waals surface area contributed by atoms with Crippen LogP contribution in [0.2, 0.25) is 0 Å². The molecule has 0 aliphatic carbocycles. The molecule has 0 saturated carbocycles. The second kappa shape index (κ2) is 7.72. The van der Waals surface area contributed by atoms with E-state index in [4.69, 9.17) is 4.74 Å². The summed E-state index contributed by atoms with van der Waals surface area (Å²) >= 11 is 0. The first-order valence-electron chi connectivity index (χ1n) is 6.91. The fourth-order valence-corrected chi connectivity index (χ4v) is 2.22. The predicted octanol–water partition coefficient (Wildman–Crippen LogP) is 1.92. The molecule has 0 radical (unpaired) electrons. The molecule has 0 atom stereocenters. The van der Waals surface area contributed by atoms with Gasteiger partial charge in [-0.3, -0.25) is 15.0 Å². The first kappa shape index (κ1) is 17.1. The number of ether oxygens (including phenoxy) is 1. The second-order valence-electron chi connectivity index (χ2n) is 5.19. The van der Waals surface area contributed by atoms with Crippen molar-refractivity contribution in [3.63, 3.8) is 0 Å². The van der Waals surface area contributed by atoms with E-state index in [1.807, 2.05) is 0 Å². The largest absolute Gasteiger partial charge is 0.476 e. The van der Waals surface area contributed by atoms with E-state index in [9.17, 15) is 10.1 Å². The molecule has 0 fully saturated rings. The topological polar surface area (TPSA) is 93.4 Å². The van der Waals surface area contributed by atoms with Crippen LogP contribution in [0.25, 0.3) is 0 Å². The SMILES string of the molecule is COc1ncnc(NCCN(C(C)C)C(C)C)c1[N+](=O)[O-]. The van der Waals surface area contributed by atoms with E-state index in [2.05, 4.69) is 47.9 Å². The van der Waals surface area contributed by atoms with E-state index in [1.54, 1.807) is 0 Å². The van der Waals surface area contributed by atoms with Crippen molar-refractivity contribution >= 4 is 11.5 Å². The van der Waals surface area contributed by atoms with Gasteiger partial charge in [0.05, 0.1) is 12.0 Å². The van der Waals surface area contributed by atoms with Gasteiger partial charge >= 0.3 is 5.69 Å². The smallest absolute Gasteiger partial charge is 0.372 e. The van der Waals surface area contributed by atoms with Crippen LogP contribution in [0.4, 0.5) is 11.5 Å². The molecule has 8 nitrogen and oxygen atoms in total. The molecule has 0 bridgehead atoms. The zero-order valence-corrected chi connectivity index (χ0v) is 13.2. The summed E-state index contributed by atoms with van der Waals surface area (Å²) in [6.45, 7) is 9.80. The second-order valence-corrected chi connectivity index (χ2v) is 5.19. The van der Waals surface area contributed by atoms with Gasteiger partial charge in [0.15, 0.2) is 0 Å². The van der Waals surface area contributed by atoms with Crippen LogP contribution in [0.15, 0.2) is 6.33 Å². The van der Waals surface area contributed by atoms with E-state index in [1.165, 1.54) is 13.4 Å². The van der Waals surface area contributed by atoms with E-state index < -0.39 is 4.92 Å². The Morgan fingerprint density at radius 3 is 2.43 bits per heavy atom. The van der Waals surface area contributed by atoms with Gasteiger partial charge in [0.2, 0.25) is 5.82 Å². The fourth-order valence-electron chi connectivity index (χ4n) is 2.22. The molecule has 0 spiro atoms. The maximum absolute atomic E-state index is 11.1. The maximum Gasteiger partial charge on any atom is 0.372 e. The molecule has 8 heteroatoms. The van der Waals surface area contributed by atoms with Gasteiger partial charge in [-0.2, -0.15) is 4.98 Å². The van der Waals surface area contributed by atoms with Crippen molar-refractivity contribution in [2.75, 3.05) is 25.5 Å². The Bertz CT molecular complexity index is 471. The van der Waals surface area contributed by atoms with Crippen molar-refractivity contribution in [3.05, 3.63) is 16.4 Å². The van der Waals surface area contributed by atoms with Gasteiger partial charge in [0, 0.05) is 25.2 Å². The Morgan fingerprint density at radius 1 is 1.33 bits per heavy atom. The molecule has 0 aliphatic heterocycles. The Balaban J connectivity index is 2.78. The highest BCUT2D eigenvalue weighted by Crippen LogP contribution is 2.30. The van der Waals surface area contributed by atoms with E-state index in [0.717, 1.165) is 6.54 Å². The third-order valence-corrected chi connectivity index (χ3v) is 3.15. The third kappa shape index (κ3) is 4.52. The Kier molecular flexibility index (Phi) is 6.29. The number of anilines is 1. The molecule has 0 saturated heterocycles. The van der Waals surface area contributed by atoms with Crippen LogP contribution < -0.4 is 10.1 Å². The molecule has 1 rings (SSSR count). The van der Waals surface area contributed by atoms with E-state index in [-0.39, 0.29) is 17.4 Å². The summed E-state index contributed by atoms with van der Waals surface area (Å²) in [5, 5.41) is 14.1. The summed E-state index contributed by atoms with van der Waals surface area (Å²) in [6.07, 6.45) is 1.25. The average molecular weight is 297 g/mol. The van der Waals surface area contributed by atoms with Gasteiger partial charge in [-0.1, -0.05) is 0 Å². The molecule has 1 heterocycles. The average Bonchev–Trinajstić information content (AvgIpc) is 2.41. The van der Waals surface area contributed by atoms with Crippen molar-refractivity contribution in [1.29, 1.82) is 0 Å². The monoisotopic (exact) mass is 297 g/mol. The van der Waals surface area contributed by atoms with Gasteiger partial charge in [0.25, 0.3) is 5.88 Å². The lowest BCUT2D eigenvalue weighted by molar-refractivity contribution is -0.385. The first-order valence-corrected chi connectivity index (χ1v) is 6.91. The lowest BCUT2D eigenvalue weighted by atomic mass is 10.2. The predicted molar refractivity (Wildman–Crippen MR) is 80.7 cm³/mol. The quantitative estimate of drug-likeness (QED) is 0.578. The molecule has 21 heavy (non-hydrogen) atoms. The number of nitrogens with one attached hydrogen (secondary N) is 1. The minimum absolute atomic E-state index is 0.0397. The zero-order chi connectivity index (χ0) is 16.0. The normalized spacial score (nSPS) is 11.2. The van der Waals surface area contributed by atoms with Gasteiger partial charge in [-0.15, -0.1) is 0 Å². The van der Waals surface area contributed by atoms with Crippen LogP contribution in [-0.4, -0.2) is 52.1 Å². The summed E-state index contributed by atoms with van der Waals surface area (Å²) in [5.41, 5.74) is -0.236. The minimum Gasteiger partial charge on any atom is -0.476 e. The summed E-state index contributed by atoms with van der Waals surface area (Å²) in [6, 6.07) is 0.809. The van der Waals surface area contributed by atoms with Crippen molar-refractivity contribution in [2.45, 2.75) is 39.8 Å². The van der Waals surface area contributed by atoms with Gasteiger partial charge in [-0.25, -0.2) is 4.98 Å². The molecule has 118 valence electrons. The van der Waals surface area contributed by atoms with Crippen molar-refractivity contribution < 1.29 is 9.66 Å². The molecular formula is C13H23N5O3. The lowest BCUT2D eigenvalue weighted by Gasteiger charge is -2.30. The highest BCUT2D eigenvalue weighted by Gasteiger charge is 2.23. The summed E-state index contributed by atoms with van der Waals surface area (Å²) in [4.78, 5) is 20.5. The molecular weight excluding hydrogens is 274 g/mol. The molecule has 1 aromatic heterocycles. The molecule has 1 N–H and O–H groups in total. The van der Waals surface area contributed by atoms with Gasteiger partial charge in [-0.05, 0) is 27.7 Å². The Labute approximate surface area is 124 Å². The van der Waals surface area contributed by atoms with Crippen LogP contribution in [-0.2, 0) is 0 Å². The Hall–Kier alpha value is -1.96. The number of nitrogens with zero attached hydrogens (tertiary/aromatic N) is 4. The zero-order valence-electron chi connectivity index (χ0n) is 13.2. The molecule has 1 aromatic rings. The number of aromatic nitrogens is 2. The standard InChI is InChI=1S/C13H23N5O3/c1-9(2)17(10(3)4)7-6-14-12-11(18(19)20)13(21-5)16-8-15-12/h8-10H,6-7H2,1-5H3,(H,14,15,16). The first-order chi connectivity index (χ1) is 9.88. The highest BCUT2D eigenvalue weighted by molar-refractivity contribution is 5.60. The van der Waals surface area contributed by atoms with Gasteiger partial charge in [0.1, 0.15) is 6.33 Å². The highest BCUT2D eigenvalue weighted by atomic mass is 16.6. The summed E-state index contributed by atoms with van der Waals surface area (Å²) < 4.78 is 4.91. The number of rotatable bonds is 8. The van der Waals surface area contributed by atoms with Gasteiger partial charge < -0.3 is 10.1 Å². The van der Waals surface area contributed by atoms with Crippen LogP contribution in [0.1, 0.15) is 27.7 Å². The van der Waals surface area contributed by atoms with E-state index >= 15 is 0 Å². The molecule has 0 amide bonds. The lowest BCUT2D eigenvalue weighted by Crippen LogP contribution is -2.40. The number of hydrogen-bond donors (Lipinski definition) is 1. The number of hydrogen-bond acceptors (Lipinski definition) is 7. The van der Waals surface area contributed by atoms with Crippen LogP contribution in [0.5, 0.6) is 5.88 Å². The molecule has 0 aromatic carbocycles. The molecule has 0 aliphatic rings. The van der Waals surface area contributed by atoms with Crippen LogP contribution in [0, 0.1) is 10.1 Å². The number of nitro groups is 1. The summed E-state index contributed by atoms with van der Waals surface area (Å²) in [5.74, 6) is 0.140.